The maximum absolute atomic E-state index is 13.3. The van der Waals surface area contributed by atoms with Crippen LogP contribution in [0.2, 0.25) is 5.02 Å². The molecule has 2 aromatic rings. The molecule has 0 aliphatic heterocycles. The van der Waals surface area contributed by atoms with Gasteiger partial charge < -0.3 is 10.2 Å². The number of hydrogen-bond donors (Lipinski definition) is 1. The third-order valence-electron chi connectivity index (χ3n) is 5.97. The molecule has 0 heterocycles. The molecule has 1 N–H and O–H groups in total. The first-order chi connectivity index (χ1) is 15.6. The van der Waals surface area contributed by atoms with Crippen molar-refractivity contribution in [3.63, 3.8) is 0 Å². The molecule has 2 amide bonds. The van der Waals surface area contributed by atoms with Crippen LogP contribution < -0.4 is 5.32 Å². The highest BCUT2D eigenvalue weighted by molar-refractivity contribution is 7.99. The van der Waals surface area contributed by atoms with E-state index in [0.717, 1.165) is 37.0 Å². The molecular weight excluding hydrogens is 440 g/mol. The molecule has 0 bridgehead atoms. The Morgan fingerprint density at radius 3 is 2.44 bits per heavy atom. The van der Waals surface area contributed by atoms with Gasteiger partial charge in [-0.15, -0.1) is 11.8 Å². The van der Waals surface area contributed by atoms with E-state index in [1.54, 1.807) is 16.7 Å². The van der Waals surface area contributed by atoms with Crippen LogP contribution in [-0.2, 0) is 21.9 Å². The summed E-state index contributed by atoms with van der Waals surface area (Å²) in [5.41, 5.74) is 2.05. The summed E-state index contributed by atoms with van der Waals surface area (Å²) in [6.45, 7) is 2.30. The Balaban J connectivity index is 1.71. The van der Waals surface area contributed by atoms with E-state index in [4.69, 9.17) is 11.6 Å². The SMILES string of the molecule is CCC(C(=O)NC1CCCCC1)N(Cc1ccccc1Cl)C(=O)CSCc1ccccc1. The molecule has 0 saturated heterocycles. The number of amides is 2. The van der Waals surface area contributed by atoms with Crippen molar-refractivity contribution in [2.45, 2.75) is 69.8 Å². The third-order valence-corrected chi connectivity index (χ3v) is 7.33. The van der Waals surface area contributed by atoms with Crippen LogP contribution in [-0.4, -0.2) is 34.6 Å². The van der Waals surface area contributed by atoms with Crippen LogP contribution in [0.5, 0.6) is 0 Å². The topological polar surface area (TPSA) is 49.4 Å². The molecule has 1 unspecified atom stereocenters. The summed E-state index contributed by atoms with van der Waals surface area (Å²) in [4.78, 5) is 28.3. The van der Waals surface area contributed by atoms with Gasteiger partial charge in [0.15, 0.2) is 0 Å². The first-order valence-electron chi connectivity index (χ1n) is 11.5. The van der Waals surface area contributed by atoms with Crippen molar-refractivity contribution in [3.8, 4) is 0 Å². The van der Waals surface area contributed by atoms with Gasteiger partial charge in [-0.25, -0.2) is 0 Å². The predicted octanol–water partition coefficient (Wildman–Crippen LogP) is 5.83. The molecule has 1 saturated carbocycles. The lowest BCUT2D eigenvalue weighted by Gasteiger charge is -2.33. The van der Waals surface area contributed by atoms with Crippen LogP contribution in [0.25, 0.3) is 0 Å². The molecule has 1 fully saturated rings. The van der Waals surface area contributed by atoms with Crippen molar-refractivity contribution >= 4 is 35.2 Å². The minimum absolute atomic E-state index is 0.0310. The maximum Gasteiger partial charge on any atom is 0.243 e. The van der Waals surface area contributed by atoms with Crippen molar-refractivity contribution in [1.29, 1.82) is 0 Å². The van der Waals surface area contributed by atoms with Gasteiger partial charge in [-0.1, -0.05) is 86.3 Å². The van der Waals surface area contributed by atoms with Crippen molar-refractivity contribution < 1.29 is 9.59 Å². The van der Waals surface area contributed by atoms with E-state index >= 15 is 0 Å². The van der Waals surface area contributed by atoms with Crippen LogP contribution in [0.4, 0.5) is 0 Å². The molecule has 0 spiro atoms. The molecule has 0 radical (unpaired) electrons. The standard InChI is InChI=1S/C26H33ClN2O2S/c1-2-24(26(31)28-22-14-7-4-8-15-22)29(17-21-13-9-10-16-23(21)27)25(30)19-32-18-20-11-5-3-6-12-20/h3,5-6,9-13,16,22,24H,2,4,7-8,14-15,17-19H2,1H3,(H,28,31). The lowest BCUT2D eigenvalue weighted by Crippen LogP contribution is -2.52. The zero-order valence-electron chi connectivity index (χ0n) is 18.8. The van der Waals surface area contributed by atoms with E-state index < -0.39 is 6.04 Å². The fourth-order valence-corrected chi connectivity index (χ4v) is 5.25. The molecule has 0 aromatic heterocycles. The highest BCUT2D eigenvalue weighted by atomic mass is 35.5. The number of rotatable bonds is 10. The Bertz CT molecular complexity index is 871. The van der Waals surface area contributed by atoms with Crippen LogP contribution >= 0.6 is 23.4 Å². The second-order valence-corrected chi connectivity index (χ2v) is 9.75. The van der Waals surface area contributed by atoms with Crippen LogP contribution in [0, 0.1) is 0 Å². The maximum atomic E-state index is 13.3. The molecule has 172 valence electrons. The number of hydrogen-bond acceptors (Lipinski definition) is 3. The third kappa shape index (κ3) is 7.28. The zero-order valence-corrected chi connectivity index (χ0v) is 20.3. The summed E-state index contributed by atoms with van der Waals surface area (Å²) in [6.07, 6.45) is 6.15. The van der Waals surface area contributed by atoms with Gasteiger partial charge in [0.05, 0.1) is 5.75 Å². The highest BCUT2D eigenvalue weighted by Crippen LogP contribution is 2.22. The summed E-state index contributed by atoms with van der Waals surface area (Å²) < 4.78 is 0. The van der Waals surface area contributed by atoms with Gasteiger partial charge in [0.2, 0.25) is 11.8 Å². The summed E-state index contributed by atoms with van der Waals surface area (Å²) in [7, 11) is 0. The number of nitrogens with one attached hydrogen (secondary N) is 1. The Labute approximate surface area is 201 Å². The Hall–Kier alpha value is -1.98. The summed E-state index contributed by atoms with van der Waals surface area (Å²) >= 11 is 7.97. The molecular formula is C26H33ClN2O2S. The second kappa shape index (κ2) is 12.9. The molecule has 4 nitrogen and oxygen atoms in total. The van der Waals surface area contributed by atoms with Crippen LogP contribution in [0.1, 0.15) is 56.6 Å². The number of carbonyl (C=O) groups is 2. The average Bonchev–Trinajstić information content (AvgIpc) is 2.81. The fraction of sp³-hybridized carbons (Fsp3) is 0.462. The molecule has 1 atom stereocenters. The van der Waals surface area contributed by atoms with Crippen LogP contribution in [0.3, 0.4) is 0 Å². The normalized spacial score (nSPS) is 15.2. The minimum Gasteiger partial charge on any atom is -0.352 e. The Morgan fingerprint density at radius 1 is 1.06 bits per heavy atom. The van der Waals surface area contributed by atoms with Crippen molar-refractivity contribution in [1.82, 2.24) is 10.2 Å². The molecule has 2 aromatic carbocycles. The molecule has 32 heavy (non-hydrogen) atoms. The van der Waals surface area contributed by atoms with Crippen LogP contribution in [0.15, 0.2) is 54.6 Å². The van der Waals surface area contributed by atoms with E-state index in [0.29, 0.717) is 23.7 Å². The summed E-state index contributed by atoms with van der Waals surface area (Å²) in [5.74, 6) is 1.01. The fourth-order valence-electron chi connectivity index (χ4n) is 4.19. The van der Waals surface area contributed by atoms with Crippen molar-refractivity contribution in [2.24, 2.45) is 0 Å². The van der Waals surface area contributed by atoms with Gasteiger partial charge >= 0.3 is 0 Å². The smallest absolute Gasteiger partial charge is 0.243 e. The highest BCUT2D eigenvalue weighted by Gasteiger charge is 2.30. The van der Waals surface area contributed by atoms with Gasteiger partial charge in [0.25, 0.3) is 0 Å². The first-order valence-corrected chi connectivity index (χ1v) is 13.1. The molecule has 1 aliphatic rings. The monoisotopic (exact) mass is 472 g/mol. The largest absolute Gasteiger partial charge is 0.352 e. The van der Waals surface area contributed by atoms with E-state index in [1.165, 1.54) is 12.0 Å². The predicted molar refractivity (Wildman–Crippen MR) is 134 cm³/mol. The van der Waals surface area contributed by atoms with Gasteiger partial charge in [-0.2, -0.15) is 0 Å². The summed E-state index contributed by atoms with van der Waals surface area (Å²) in [6, 6.07) is 17.4. The number of carbonyl (C=O) groups excluding carboxylic acids is 2. The van der Waals surface area contributed by atoms with Crippen molar-refractivity contribution in [2.75, 3.05) is 5.75 Å². The lowest BCUT2D eigenvalue weighted by molar-refractivity contribution is -0.139. The molecule has 6 heteroatoms. The second-order valence-electron chi connectivity index (χ2n) is 8.36. The summed E-state index contributed by atoms with van der Waals surface area (Å²) in [5, 5.41) is 3.83. The number of nitrogens with zero attached hydrogens (tertiary/aromatic N) is 1. The molecule has 3 rings (SSSR count). The van der Waals surface area contributed by atoms with Gasteiger partial charge in [-0.3, -0.25) is 9.59 Å². The van der Waals surface area contributed by atoms with E-state index in [9.17, 15) is 9.59 Å². The van der Waals surface area contributed by atoms with E-state index in [2.05, 4.69) is 17.4 Å². The number of thioether (sulfide) groups is 1. The first kappa shape index (κ1) is 24.7. The number of benzene rings is 2. The lowest BCUT2D eigenvalue weighted by atomic mass is 9.95. The quantitative estimate of drug-likeness (QED) is 0.473. The minimum atomic E-state index is -0.502. The van der Waals surface area contributed by atoms with Crippen molar-refractivity contribution in [3.05, 3.63) is 70.7 Å². The Kier molecular flexibility index (Phi) is 9.94. The number of halogens is 1. The average molecular weight is 473 g/mol. The van der Waals surface area contributed by atoms with E-state index in [1.807, 2.05) is 49.4 Å². The van der Waals surface area contributed by atoms with Gasteiger partial charge in [0.1, 0.15) is 6.04 Å². The molecule has 1 aliphatic carbocycles. The van der Waals surface area contributed by atoms with Gasteiger partial charge in [-0.05, 0) is 36.5 Å². The Morgan fingerprint density at radius 2 is 1.75 bits per heavy atom. The zero-order chi connectivity index (χ0) is 22.8. The van der Waals surface area contributed by atoms with E-state index in [-0.39, 0.29) is 17.9 Å². The van der Waals surface area contributed by atoms with Gasteiger partial charge in [0, 0.05) is 23.4 Å².